The van der Waals surface area contributed by atoms with Gasteiger partial charge in [0.2, 0.25) is 5.91 Å². The molecule has 2 N–H and O–H groups in total. The first kappa shape index (κ1) is 17.7. The number of rotatable bonds is 6. The third-order valence-electron chi connectivity index (χ3n) is 4.33. The van der Waals surface area contributed by atoms with Crippen LogP contribution in [0.1, 0.15) is 23.2 Å². The fraction of sp³-hybridized carbons (Fsp3) is 0.238. The highest BCUT2D eigenvalue weighted by Crippen LogP contribution is 2.30. The quantitative estimate of drug-likeness (QED) is 0.698. The van der Waals surface area contributed by atoms with Crippen molar-refractivity contribution in [3.8, 4) is 16.9 Å². The summed E-state index contributed by atoms with van der Waals surface area (Å²) in [4.78, 5) is 12.4. The van der Waals surface area contributed by atoms with Gasteiger partial charge in [0, 0.05) is 17.7 Å². The Morgan fingerprint density at radius 3 is 2.73 bits per heavy atom. The van der Waals surface area contributed by atoms with Gasteiger partial charge in [0.25, 0.3) is 0 Å². The number of hydrogen-bond donors (Lipinski definition) is 2. The SMILES string of the molecule is COc1ccccc1CCC(=O)Nc1n[nH]c(C)c1-c1cccc(C)c1. The van der Waals surface area contributed by atoms with E-state index in [4.69, 9.17) is 4.74 Å². The number of carbonyl (C=O) groups excluding carboxylic acids is 1. The number of amides is 1. The van der Waals surface area contributed by atoms with Crippen LogP contribution in [0.5, 0.6) is 5.75 Å². The number of methoxy groups -OCH3 is 1. The first-order chi connectivity index (χ1) is 12.6. The predicted octanol–water partition coefficient (Wildman–Crippen LogP) is 4.27. The molecule has 0 bridgehead atoms. The average molecular weight is 349 g/mol. The zero-order chi connectivity index (χ0) is 18.5. The lowest BCUT2D eigenvalue weighted by Crippen LogP contribution is -2.13. The van der Waals surface area contributed by atoms with E-state index in [2.05, 4.69) is 21.6 Å². The normalized spacial score (nSPS) is 10.6. The lowest BCUT2D eigenvalue weighted by atomic mass is 10.0. The molecule has 0 aliphatic heterocycles. The summed E-state index contributed by atoms with van der Waals surface area (Å²) in [6, 6.07) is 15.9. The molecule has 1 heterocycles. The maximum absolute atomic E-state index is 12.4. The lowest BCUT2D eigenvalue weighted by molar-refractivity contribution is -0.116. The van der Waals surface area contributed by atoms with E-state index >= 15 is 0 Å². The van der Waals surface area contributed by atoms with Gasteiger partial charge < -0.3 is 10.1 Å². The van der Waals surface area contributed by atoms with Crippen LogP contribution < -0.4 is 10.1 Å². The van der Waals surface area contributed by atoms with Crippen LogP contribution in [0.2, 0.25) is 0 Å². The molecule has 3 aromatic rings. The van der Waals surface area contributed by atoms with Crippen LogP contribution in [0.15, 0.2) is 48.5 Å². The summed E-state index contributed by atoms with van der Waals surface area (Å²) in [5.74, 6) is 1.30. The standard InChI is InChI=1S/C21H23N3O2/c1-14-7-6-9-17(13-14)20-15(2)23-24-21(20)22-19(25)12-11-16-8-4-5-10-18(16)26-3/h4-10,13H,11-12H2,1-3H3,(H2,22,23,24,25). The van der Waals surface area contributed by atoms with Gasteiger partial charge in [-0.25, -0.2) is 0 Å². The van der Waals surface area contributed by atoms with Crippen LogP contribution in [-0.2, 0) is 11.2 Å². The molecule has 0 atom stereocenters. The van der Waals surface area contributed by atoms with Crippen molar-refractivity contribution in [3.63, 3.8) is 0 Å². The van der Waals surface area contributed by atoms with Crippen molar-refractivity contribution in [3.05, 3.63) is 65.4 Å². The number of nitrogens with zero attached hydrogens (tertiary/aromatic N) is 1. The molecular formula is C21H23N3O2. The minimum atomic E-state index is -0.0729. The number of ether oxygens (including phenoxy) is 1. The summed E-state index contributed by atoms with van der Waals surface area (Å²) in [6.07, 6.45) is 0.971. The van der Waals surface area contributed by atoms with Crippen LogP contribution in [0.25, 0.3) is 11.1 Å². The van der Waals surface area contributed by atoms with Crippen molar-refractivity contribution < 1.29 is 9.53 Å². The van der Waals surface area contributed by atoms with E-state index < -0.39 is 0 Å². The lowest BCUT2D eigenvalue weighted by Gasteiger charge is -2.09. The van der Waals surface area contributed by atoms with Gasteiger partial charge in [-0.05, 0) is 37.5 Å². The highest BCUT2D eigenvalue weighted by atomic mass is 16.5. The van der Waals surface area contributed by atoms with E-state index in [9.17, 15) is 4.79 Å². The second-order valence-corrected chi connectivity index (χ2v) is 6.30. The molecule has 0 spiro atoms. The number of aryl methyl sites for hydroxylation is 3. The number of H-pyrrole nitrogens is 1. The molecule has 3 rings (SSSR count). The Balaban J connectivity index is 1.72. The van der Waals surface area contributed by atoms with E-state index in [1.54, 1.807) is 7.11 Å². The van der Waals surface area contributed by atoms with Gasteiger partial charge >= 0.3 is 0 Å². The Hall–Kier alpha value is -3.08. The molecule has 26 heavy (non-hydrogen) atoms. The zero-order valence-electron chi connectivity index (χ0n) is 15.3. The largest absolute Gasteiger partial charge is 0.496 e. The minimum Gasteiger partial charge on any atom is -0.496 e. The van der Waals surface area contributed by atoms with Crippen LogP contribution in [0.4, 0.5) is 5.82 Å². The Labute approximate surface area is 153 Å². The van der Waals surface area contributed by atoms with Gasteiger partial charge in [-0.15, -0.1) is 0 Å². The number of nitrogens with one attached hydrogen (secondary N) is 2. The Morgan fingerprint density at radius 2 is 1.96 bits per heavy atom. The summed E-state index contributed by atoms with van der Waals surface area (Å²) >= 11 is 0. The molecule has 1 aromatic heterocycles. The third kappa shape index (κ3) is 3.94. The number of aromatic nitrogens is 2. The van der Waals surface area contributed by atoms with Crippen molar-refractivity contribution in [1.82, 2.24) is 10.2 Å². The first-order valence-corrected chi connectivity index (χ1v) is 8.62. The summed E-state index contributed by atoms with van der Waals surface area (Å²) in [5, 5.41) is 10.2. The van der Waals surface area contributed by atoms with Gasteiger partial charge in [-0.1, -0.05) is 48.0 Å². The van der Waals surface area contributed by atoms with Crippen LogP contribution in [0, 0.1) is 13.8 Å². The van der Waals surface area contributed by atoms with E-state index in [1.807, 2.05) is 56.3 Å². The first-order valence-electron chi connectivity index (χ1n) is 8.62. The number of aromatic amines is 1. The number of anilines is 1. The monoisotopic (exact) mass is 349 g/mol. The molecule has 0 saturated carbocycles. The summed E-state index contributed by atoms with van der Waals surface area (Å²) in [5.41, 5.74) is 5.07. The molecule has 0 aliphatic carbocycles. The van der Waals surface area contributed by atoms with E-state index in [-0.39, 0.29) is 5.91 Å². The molecule has 134 valence electrons. The third-order valence-corrected chi connectivity index (χ3v) is 4.33. The number of benzene rings is 2. The Bertz CT molecular complexity index is 915. The van der Waals surface area contributed by atoms with Crippen molar-refractivity contribution in [2.45, 2.75) is 26.7 Å². The summed E-state index contributed by atoms with van der Waals surface area (Å²) in [7, 11) is 1.64. The van der Waals surface area contributed by atoms with Gasteiger partial charge in [0.05, 0.1) is 7.11 Å². The van der Waals surface area contributed by atoms with Gasteiger partial charge in [-0.2, -0.15) is 5.10 Å². The van der Waals surface area contributed by atoms with Crippen molar-refractivity contribution in [1.29, 1.82) is 0 Å². The van der Waals surface area contributed by atoms with E-state index in [0.717, 1.165) is 33.7 Å². The maximum Gasteiger partial charge on any atom is 0.225 e. The Morgan fingerprint density at radius 1 is 1.15 bits per heavy atom. The maximum atomic E-state index is 12.4. The van der Waals surface area contributed by atoms with Crippen molar-refractivity contribution in [2.75, 3.05) is 12.4 Å². The van der Waals surface area contributed by atoms with E-state index in [1.165, 1.54) is 0 Å². The fourth-order valence-corrected chi connectivity index (χ4v) is 3.03. The highest BCUT2D eigenvalue weighted by molar-refractivity contribution is 5.94. The molecule has 2 aromatic carbocycles. The molecule has 0 radical (unpaired) electrons. The van der Waals surface area contributed by atoms with Gasteiger partial charge in [0.15, 0.2) is 5.82 Å². The van der Waals surface area contributed by atoms with Crippen LogP contribution >= 0.6 is 0 Å². The number of hydrogen-bond acceptors (Lipinski definition) is 3. The number of carbonyl (C=O) groups is 1. The highest BCUT2D eigenvalue weighted by Gasteiger charge is 2.15. The molecule has 0 fully saturated rings. The topological polar surface area (TPSA) is 67.0 Å². The van der Waals surface area contributed by atoms with Gasteiger partial charge in [-0.3, -0.25) is 9.89 Å². The summed E-state index contributed by atoms with van der Waals surface area (Å²) < 4.78 is 5.34. The van der Waals surface area contributed by atoms with E-state index in [0.29, 0.717) is 18.7 Å². The second kappa shape index (κ2) is 7.87. The Kier molecular flexibility index (Phi) is 5.37. The average Bonchev–Trinajstić information content (AvgIpc) is 3.00. The minimum absolute atomic E-state index is 0.0729. The molecular weight excluding hydrogens is 326 g/mol. The van der Waals surface area contributed by atoms with Gasteiger partial charge in [0.1, 0.15) is 5.75 Å². The molecule has 0 aliphatic rings. The molecule has 0 saturated heterocycles. The van der Waals surface area contributed by atoms with Crippen molar-refractivity contribution in [2.24, 2.45) is 0 Å². The smallest absolute Gasteiger partial charge is 0.225 e. The predicted molar refractivity (Wildman–Crippen MR) is 103 cm³/mol. The molecule has 5 heteroatoms. The van der Waals surface area contributed by atoms with Crippen LogP contribution in [-0.4, -0.2) is 23.2 Å². The number of para-hydroxylation sites is 1. The molecule has 1 amide bonds. The molecule has 0 unspecified atom stereocenters. The van der Waals surface area contributed by atoms with Crippen LogP contribution in [0.3, 0.4) is 0 Å². The van der Waals surface area contributed by atoms with Crippen molar-refractivity contribution >= 4 is 11.7 Å². The zero-order valence-corrected chi connectivity index (χ0v) is 15.3. The molecule has 5 nitrogen and oxygen atoms in total. The fourth-order valence-electron chi connectivity index (χ4n) is 3.03. The summed E-state index contributed by atoms with van der Waals surface area (Å²) in [6.45, 7) is 4.00. The second-order valence-electron chi connectivity index (χ2n) is 6.30.